The number of nitrogens with zero attached hydrogens (tertiary/aromatic N) is 2. The molecule has 7 heteroatoms. The smallest absolute Gasteiger partial charge is 0.259 e. The average molecular weight is 296 g/mol. The van der Waals surface area contributed by atoms with E-state index in [1.54, 1.807) is 38.6 Å². The topological polar surface area (TPSA) is 51.1 Å². The van der Waals surface area contributed by atoms with E-state index in [0.29, 0.717) is 21.6 Å². The van der Waals surface area contributed by atoms with Crippen LogP contribution in [0, 0.1) is 0 Å². The second-order valence-corrected chi connectivity index (χ2v) is 5.22. The SMILES string of the molecule is COc1ccc(C=NN2C(=O)CSC2=S)c(OC)c1. The van der Waals surface area contributed by atoms with E-state index in [4.69, 9.17) is 21.7 Å². The second kappa shape index (κ2) is 6.03. The van der Waals surface area contributed by atoms with Crippen LogP contribution in [0.2, 0.25) is 0 Å². The van der Waals surface area contributed by atoms with Gasteiger partial charge in [-0.25, -0.2) is 0 Å². The van der Waals surface area contributed by atoms with E-state index in [1.807, 2.05) is 0 Å². The van der Waals surface area contributed by atoms with Crippen LogP contribution in [0.3, 0.4) is 0 Å². The fourth-order valence-electron chi connectivity index (χ4n) is 1.50. The quantitative estimate of drug-likeness (QED) is 0.627. The van der Waals surface area contributed by atoms with Crippen LogP contribution in [-0.4, -0.2) is 41.4 Å². The van der Waals surface area contributed by atoms with E-state index in [1.165, 1.54) is 16.8 Å². The third-order valence-corrected chi connectivity index (χ3v) is 3.82. The summed E-state index contributed by atoms with van der Waals surface area (Å²) in [6.07, 6.45) is 1.55. The molecule has 1 fully saturated rings. The van der Waals surface area contributed by atoms with Gasteiger partial charge in [0.25, 0.3) is 5.91 Å². The van der Waals surface area contributed by atoms with E-state index in [2.05, 4.69) is 5.10 Å². The maximum Gasteiger partial charge on any atom is 0.259 e. The Morgan fingerprint density at radius 3 is 2.79 bits per heavy atom. The zero-order valence-electron chi connectivity index (χ0n) is 10.5. The highest BCUT2D eigenvalue weighted by Gasteiger charge is 2.26. The number of benzene rings is 1. The monoisotopic (exact) mass is 296 g/mol. The molecule has 1 aromatic rings. The minimum atomic E-state index is -0.112. The zero-order valence-corrected chi connectivity index (χ0v) is 12.1. The third kappa shape index (κ3) is 3.05. The molecule has 0 aromatic heterocycles. The Bertz CT molecular complexity index is 530. The summed E-state index contributed by atoms with van der Waals surface area (Å²) < 4.78 is 10.8. The van der Waals surface area contributed by atoms with Crippen LogP contribution in [0.5, 0.6) is 11.5 Å². The third-order valence-electron chi connectivity index (χ3n) is 2.48. The van der Waals surface area contributed by atoms with Gasteiger partial charge in [-0.15, -0.1) is 0 Å². The molecule has 0 bridgehead atoms. The van der Waals surface area contributed by atoms with E-state index >= 15 is 0 Å². The number of hydrogen-bond acceptors (Lipinski definition) is 6. The van der Waals surface area contributed by atoms with E-state index < -0.39 is 0 Å². The maximum absolute atomic E-state index is 11.5. The Morgan fingerprint density at radius 1 is 1.42 bits per heavy atom. The van der Waals surface area contributed by atoms with Crippen LogP contribution < -0.4 is 9.47 Å². The molecule has 1 aliphatic heterocycles. The van der Waals surface area contributed by atoms with Gasteiger partial charge < -0.3 is 9.47 Å². The van der Waals surface area contributed by atoms with Crippen LogP contribution in [0.1, 0.15) is 5.56 Å². The number of carbonyl (C=O) groups is 1. The summed E-state index contributed by atoms with van der Waals surface area (Å²) in [4.78, 5) is 11.5. The van der Waals surface area contributed by atoms with Gasteiger partial charge in [-0.3, -0.25) is 4.79 Å². The summed E-state index contributed by atoms with van der Waals surface area (Å²) in [5.74, 6) is 1.54. The highest BCUT2D eigenvalue weighted by molar-refractivity contribution is 8.23. The molecule has 1 heterocycles. The number of thiocarbonyl (C=S) groups is 1. The standard InChI is InChI=1S/C12H12N2O3S2/c1-16-9-4-3-8(10(5-9)17-2)6-13-14-11(15)7-19-12(14)18/h3-6H,7H2,1-2H3. The second-order valence-electron chi connectivity index (χ2n) is 3.61. The van der Waals surface area contributed by atoms with Crippen LogP contribution in [0.25, 0.3) is 0 Å². The zero-order chi connectivity index (χ0) is 13.8. The van der Waals surface area contributed by atoms with Gasteiger partial charge in [0.05, 0.1) is 26.2 Å². The van der Waals surface area contributed by atoms with Gasteiger partial charge >= 0.3 is 0 Å². The van der Waals surface area contributed by atoms with Crippen LogP contribution >= 0.6 is 24.0 Å². The van der Waals surface area contributed by atoms with E-state index in [9.17, 15) is 4.79 Å². The number of rotatable bonds is 4. The molecular formula is C12H12N2O3S2. The Balaban J connectivity index is 2.23. The number of ether oxygens (including phenoxy) is 2. The number of thioether (sulfide) groups is 1. The van der Waals surface area contributed by atoms with Crippen molar-refractivity contribution < 1.29 is 14.3 Å². The first-order chi connectivity index (χ1) is 9.15. The number of carbonyl (C=O) groups excluding carboxylic acids is 1. The lowest BCUT2D eigenvalue weighted by molar-refractivity contribution is -0.123. The molecule has 100 valence electrons. The Morgan fingerprint density at radius 2 is 2.21 bits per heavy atom. The minimum Gasteiger partial charge on any atom is -0.497 e. The molecule has 1 aliphatic rings. The Kier molecular flexibility index (Phi) is 4.39. The normalized spacial score (nSPS) is 15.4. The minimum absolute atomic E-state index is 0.112. The fourth-order valence-corrected chi connectivity index (χ4v) is 2.47. The van der Waals surface area contributed by atoms with Gasteiger partial charge in [0.15, 0.2) is 4.32 Å². The van der Waals surface area contributed by atoms with Crippen molar-refractivity contribution in [2.24, 2.45) is 5.10 Å². The molecule has 0 saturated carbocycles. The molecule has 0 aliphatic carbocycles. The predicted molar refractivity (Wildman–Crippen MR) is 79.0 cm³/mol. The van der Waals surface area contributed by atoms with Crippen LogP contribution in [-0.2, 0) is 4.79 Å². The molecule has 1 saturated heterocycles. The summed E-state index contributed by atoms with van der Waals surface area (Å²) in [7, 11) is 3.15. The number of hydrogen-bond donors (Lipinski definition) is 0. The number of hydrazone groups is 1. The van der Waals surface area contributed by atoms with Crippen molar-refractivity contribution in [3.63, 3.8) is 0 Å². The molecule has 2 rings (SSSR count). The molecule has 19 heavy (non-hydrogen) atoms. The van der Waals surface area contributed by atoms with Gasteiger partial charge in [-0.05, 0) is 12.1 Å². The predicted octanol–water partition coefficient (Wildman–Crippen LogP) is 1.90. The first kappa shape index (κ1) is 13.8. The molecule has 1 amide bonds. The van der Waals surface area contributed by atoms with Crippen LogP contribution in [0.15, 0.2) is 23.3 Å². The Labute approximate surface area is 120 Å². The van der Waals surface area contributed by atoms with E-state index in [-0.39, 0.29) is 5.91 Å². The first-order valence-electron chi connectivity index (χ1n) is 5.41. The van der Waals surface area contributed by atoms with Crippen molar-refractivity contribution in [3.8, 4) is 11.5 Å². The lowest BCUT2D eigenvalue weighted by Gasteiger charge is -2.09. The van der Waals surface area contributed by atoms with Gasteiger partial charge in [0.2, 0.25) is 0 Å². The highest BCUT2D eigenvalue weighted by Crippen LogP contribution is 2.24. The summed E-state index contributed by atoms with van der Waals surface area (Å²) in [6, 6.07) is 5.35. The molecule has 0 N–H and O–H groups in total. The molecule has 0 unspecified atom stereocenters. The fraction of sp³-hybridized carbons (Fsp3) is 0.250. The first-order valence-corrected chi connectivity index (χ1v) is 6.81. The number of methoxy groups -OCH3 is 2. The highest BCUT2D eigenvalue weighted by atomic mass is 32.2. The molecule has 0 spiro atoms. The van der Waals surface area contributed by atoms with Gasteiger partial charge in [-0.1, -0.05) is 24.0 Å². The molecule has 0 atom stereocenters. The van der Waals surface area contributed by atoms with Crippen molar-refractivity contribution >= 4 is 40.4 Å². The van der Waals surface area contributed by atoms with Gasteiger partial charge in [0, 0.05) is 11.6 Å². The lowest BCUT2D eigenvalue weighted by atomic mass is 10.2. The average Bonchev–Trinajstić information content (AvgIpc) is 2.75. The van der Waals surface area contributed by atoms with Gasteiger partial charge in [-0.2, -0.15) is 10.1 Å². The molecule has 5 nitrogen and oxygen atoms in total. The van der Waals surface area contributed by atoms with Crippen molar-refractivity contribution in [1.29, 1.82) is 0 Å². The molecule has 1 aromatic carbocycles. The summed E-state index contributed by atoms with van der Waals surface area (Å²) >= 11 is 6.34. The number of amides is 1. The summed E-state index contributed by atoms with van der Waals surface area (Å²) in [6.45, 7) is 0. The van der Waals surface area contributed by atoms with Crippen molar-refractivity contribution in [2.75, 3.05) is 20.0 Å². The van der Waals surface area contributed by atoms with Crippen molar-refractivity contribution in [3.05, 3.63) is 23.8 Å². The molecular weight excluding hydrogens is 284 g/mol. The largest absolute Gasteiger partial charge is 0.497 e. The summed E-state index contributed by atoms with van der Waals surface area (Å²) in [5, 5.41) is 5.32. The maximum atomic E-state index is 11.5. The lowest BCUT2D eigenvalue weighted by Crippen LogP contribution is -2.22. The molecule has 0 radical (unpaired) electrons. The summed E-state index contributed by atoms with van der Waals surface area (Å²) in [5.41, 5.74) is 0.746. The van der Waals surface area contributed by atoms with Crippen LogP contribution in [0.4, 0.5) is 0 Å². The van der Waals surface area contributed by atoms with E-state index in [0.717, 1.165) is 5.56 Å². The Hall–Kier alpha value is -1.60. The van der Waals surface area contributed by atoms with Crippen molar-refractivity contribution in [1.82, 2.24) is 5.01 Å². The van der Waals surface area contributed by atoms with Crippen molar-refractivity contribution in [2.45, 2.75) is 0 Å². The van der Waals surface area contributed by atoms with Gasteiger partial charge in [0.1, 0.15) is 11.5 Å².